The predicted octanol–water partition coefficient (Wildman–Crippen LogP) is 2.01. The Kier molecular flexibility index (Phi) is 3.96. The second kappa shape index (κ2) is 5.71. The van der Waals surface area contributed by atoms with Gasteiger partial charge in [-0.15, -0.1) is 0 Å². The van der Waals surface area contributed by atoms with Gasteiger partial charge in [-0.3, -0.25) is 9.59 Å². The van der Waals surface area contributed by atoms with Crippen LogP contribution in [0.1, 0.15) is 24.8 Å². The molecule has 20 heavy (non-hydrogen) atoms. The maximum absolute atomic E-state index is 12.5. The van der Waals surface area contributed by atoms with Crippen molar-refractivity contribution < 1.29 is 9.59 Å². The van der Waals surface area contributed by atoms with Crippen LogP contribution in [0.15, 0.2) is 24.3 Å². The van der Waals surface area contributed by atoms with Crippen molar-refractivity contribution in [1.29, 1.82) is 0 Å². The third kappa shape index (κ3) is 2.68. The Hall–Kier alpha value is -1.11. The van der Waals surface area contributed by atoms with Gasteiger partial charge >= 0.3 is 0 Å². The van der Waals surface area contributed by atoms with Gasteiger partial charge in [-0.2, -0.15) is 0 Å². The minimum atomic E-state index is -0.214. The number of carbonyl (C=O) groups excluding carboxylic acids is 2. The number of piperidine rings is 1. The number of halogens is 1. The van der Waals surface area contributed by atoms with Crippen molar-refractivity contribution in [1.82, 2.24) is 9.80 Å². The average molecular weight is 384 g/mol. The van der Waals surface area contributed by atoms with Crippen LogP contribution in [0, 0.1) is 3.57 Å². The van der Waals surface area contributed by atoms with Crippen molar-refractivity contribution in [2.75, 3.05) is 13.1 Å². The fraction of sp³-hybridized carbons (Fsp3) is 0.467. The molecule has 1 aromatic rings. The Labute approximate surface area is 132 Å². The summed E-state index contributed by atoms with van der Waals surface area (Å²) in [5.41, 5.74) is 1.08. The van der Waals surface area contributed by atoms with Crippen LogP contribution in [-0.2, 0) is 16.1 Å². The fourth-order valence-electron chi connectivity index (χ4n) is 2.97. The first kappa shape index (κ1) is 13.9. The van der Waals surface area contributed by atoms with Crippen molar-refractivity contribution >= 4 is 34.4 Å². The van der Waals surface area contributed by atoms with E-state index in [4.69, 9.17) is 0 Å². The molecule has 2 saturated heterocycles. The smallest absolute Gasteiger partial charge is 0.246 e. The number of piperazine rings is 1. The number of carbonyl (C=O) groups is 2. The molecule has 1 unspecified atom stereocenters. The first-order chi connectivity index (χ1) is 9.65. The summed E-state index contributed by atoms with van der Waals surface area (Å²) < 4.78 is 1.17. The molecule has 2 aliphatic rings. The Bertz CT molecular complexity index is 529. The molecule has 0 radical (unpaired) electrons. The summed E-state index contributed by atoms with van der Waals surface area (Å²) in [6.07, 6.45) is 2.87. The molecule has 4 nitrogen and oxygen atoms in total. The van der Waals surface area contributed by atoms with E-state index >= 15 is 0 Å². The second-order valence-electron chi connectivity index (χ2n) is 5.42. The van der Waals surface area contributed by atoms with Gasteiger partial charge in [0, 0.05) is 16.7 Å². The Morgan fingerprint density at radius 1 is 1.15 bits per heavy atom. The van der Waals surface area contributed by atoms with Gasteiger partial charge in [-0.05, 0) is 59.5 Å². The lowest BCUT2D eigenvalue weighted by Crippen LogP contribution is -2.60. The number of nitrogens with zero attached hydrogens (tertiary/aromatic N) is 2. The molecule has 0 aliphatic carbocycles. The van der Waals surface area contributed by atoms with E-state index in [0.717, 1.165) is 31.4 Å². The van der Waals surface area contributed by atoms with Crippen LogP contribution in [0.25, 0.3) is 0 Å². The summed E-state index contributed by atoms with van der Waals surface area (Å²) in [4.78, 5) is 28.1. The summed E-state index contributed by atoms with van der Waals surface area (Å²) in [6.45, 7) is 1.50. The molecular weight excluding hydrogens is 367 g/mol. The first-order valence-electron chi connectivity index (χ1n) is 6.98. The van der Waals surface area contributed by atoms with Gasteiger partial charge in [0.25, 0.3) is 0 Å². The monoisotopic (exact) mass is 384 g/mol. The average Bonchev–Trinajstić information content (AvgIpc) is 2.47. The number of fused-ring (bicyclic) bond motifs is 1. The lowest BCUT2D eigenvalue weighted by molar-refractivity contribution is -0.158. The number of amides is 2. The van der Waals surface area contributed by atoms with Crippen LogP contribution in [0.5, 0.6) is 0 Å². The van der Waals surface area contributed by atoms with Crippen molar-refractivity contribution in [3.05, 3.63) is 33.4 Å². The minimum Gasteiger partial charge on any atom is -0.329 e. The van der Waals surface area contributed by atoms with Crippen molar-refractivity contribution in [3.63, 3.8) is 0 Å². The topological polar surface area (TPSA) is 40.6 Å². The zero-order chi connectivity index (χ0) is 14.1. The van der Waals surface area contributed by atoms with Crippen LogP contribution in [0.2, 0.25) is 0 Å². The predicted molar refractivity (Wildman–Crippen MR) is 83.9 cm³/mol. The Morgan fingerprint density at radius 3 is 2.65 bits per heavy atom. The molecule has 106 valence electrons. The summed E-state index contributed by atoms with van der Waals surface area (Å²) in [6, 6.07) is 7.88. The van der Waals surface area contributed by atoms with Gasteiger partial charge in [-0.1, -0.05) is 12.1 Å². The molecule has 1 atom stereocenters. The zero-order valence-corrected chi connectivity index (χ0v) is 13.4. The van der Waals surface area contributed by atoms with E-state index in [2.05, 4.69) is 22.6 Å². The van der Waals surface area contributed by atoms with Gasteiger partial charge in [0.2, 0.25) is 11.8 Å². The Morgan fingerprint density at radius 2 is 1.90 bits per heavy atom. The van der Waals surface area contributed by atoms with Crippen molar-refractivity contribution in [2.24, 2.45) is 0 Å². The number of benzene rings is 1. The highest BCUT2D eigenvalue weighted by Crippen LogP contribution is 2.24. The van der Waals surface area contributed by atoms with E-state index in [9.17, 15) is 9.59 Å². The molecule has 2 fully saturated rings. The van der Waals surface area contributed by atoms with Gasteiger partial charge in [0.1, 0.15) is 12.6 Å². The molecule has 1 aromatic carbocycles. The standard InChI is InChI=1S/C15H17IN2O2/c16-12-6-4-11(5-7-12)9-17-10-14(19)18-8-2-1-3-13(18)15(17)20/h4-7,13H,1-3,8-10H2. The quantitative estimate of drug-likeness (QED) is 0.733. The third-order valence-electron chi connectivity index (χ3n) is 4.03. The van der Waals surface area contributed by atoms with E-state index < -0.39 is 0 Å². The van der Waals surface area contributed by atoms with Crippen molar-refractivity contribution in [3.8, 4) is 0 Å². The van der Waals surface area contributed by atoms with E-state index in [1.807, 2.05) is 24.3 Å². The normalized spacial score (nSPS) is 22.9. The van der Waals surface area contributed by atoms with Gasteiger partial charge in [0.15, 0.2) is 0 Å². The van der Waals surface area contributed by atoms with Gasteiger partial charge in [0.05, 0.1) is 0 Å². The first-order valence-corrected chi connectivity index (χ1v) is 8.06. The molecule has 0 N–H and O–H groups in total. The summed E-state index contributed by atoms with van der Waals surface area (Å²) in [5, 5.41) is 0. The maximum atomic E-state index is 12.5. The van der Waals surface area contributed by atoms with E-state index in [-0.39, 0.29) is 24.4 Å². The second-order valence-corrected chi connectivity index (χ2v) is 6.67. The highest BCUT2D eigenvalue weighted by molar-refractivity contribution is 14.1. The van der Waals surface area contributed by atoms with Crippen LogP contribution < -0.4 is 0 Å². The highest BCUT2D eigenvalue weighted by Gasteiger charge is 2.40. The highest BCUT2D eigenvalue weighted by atomic mass is 127. The minimum absolute atomic E-state index is 0.0970. The summed E-state index contributed by atoms with van der Waals surface area (Å²) >= 11 is 2.26. The largest absolute Gasteiger partial charge is 0.329 e. The van der Waals surface area contributed by atoms with Gasteiger partial charge < -0.3 is 9.80 Å². The number of hydrogen-bond acceptors (Lipinski definition) is 2. The lowest BCUT2D eigenvalue weighted by atomic mass is 9.98. The number of rotatable bonds is 2. The molecule has 0 aromatic heterocycles. The maximum Gasteiger partial charge on any atom is 0.246 e. The van der Waals surface area contributed by atoms with Crippen LogP contribution in [0.3, 0.4) is 0 Å². The molecule has 2 amide bonds. The SMILES string of the molecule is O=C1C2CCCCN2C(=O)CN1Cc1ccc(I)cc1. The van der Waals surface area contributed by atoms with E-state index in [1.165, 1.54) is 3.57 Å². The lowest BCUT2D eigenvalue weighted by Gasteiger charge is -2.42. The van der Waals surface area contributed by atoms with Crippen LogP contribution >= 0.6 is 22.6 Å². The summed E-state index contributed by atoms with van der Waals surface area (Å²) in [5.74, 6) is 0.211. The van der Waals surface area contributed by atoms with Crippen LogP contribution in [0.4, 0.5) is 0 Å². The third-order valence-corrected chi connectivity index (χ3v) is 4.75. The van der Waals surface area contributed by atoms with Gasteiger partial charge in [-0.25, -0.2) is 0 Å². The van der Waals surface area contributed by atoms with Crippen molar-refractivity contribution in [2.45, 2.75) is 31.8 Å². The van der Waals surface area contributed by atoms with E-state index in [1.54, 1.807) is 9.80 Å². The molecule has 0 bridgehead atoms. The molecule has 2 heterocycles. The van der Waals surface area contributed by atoms with Crippen LogP contribution in [-0.4, -0.2) is 40.7 Å². The molecule has 3 rings (SSSR count). The molecule has 0 spiro atoms. The molecule has 2 aliphatic heterocycles. The molecule has 0 saturated carbocycles. The fourth-order valence-corrected chi connectivity index (χ4v) is 3.33. The summed E-state index contributed by atoms with van der Waals surface area (Å²) in [7, 11) is 0. The molecule has 5 heteroatoms. The zero-order valence-electron chi connectivity index (χ0n) is 11.2. The number of hydrogen-bond donors (Lipinski definition) is 0. The Balaban J connectivity index is 1.75. The molecular formula is C15H17IN2O2. The van der Waals surface area contributed by atoms with E-state index in [0.29, 0.717) is 6.54 Å².